The molecule has 1 fully saturated rings. The third kappa shape index (κ3) is 3.56. The van der Waals surface area contributed by atoms with E-state index in [1.807, 2.05) is 13.0 Å². The molecule has 2 heterocycles. The largest absolute Gasteiger partial charge is 0.375 e. The Hall–Kier alpha value is -1.36. The standard InChI is InChI=1S/C14H24N4O/c1-5-6-15-13-7-14(17-12(4)16-13)18-8-11(3)19-9-10(18)2/h7,10-11H,5-6,8-9H2,1-4H3,(H,15,16,17). The van der Waals surface area contributed by atoms with Gasteiger partial charge in [0.25, 0.3) is 0 Å². The van der Waals surface area contributed by atoms with Gasteiger partial charge in [-0.15, -0.1) is 0 Å². The first-order valence-corrected chi connectivity index (χ1v) is 7.08. The van der Waals surface area contributed by atoms with Crippen LogP contribution in [0.4, 0.5) is 11.6 Å². The van der Waals surface area contributed by atoms with Crippen molar-refractivity contribution in [3.63, 3.8) is 0 Å². The van der Waals surface area contributed by atoms with E-state index in [0.29, 0.717) is 6.04 Å². The first-order chi connectivity index (χ1) is 9.10. The van der Waals surface area contributed by atoms with Crippen LogP contribution in [0, 0.1) is 6.92 Å². The van der Waals surface area contributed by atoms with Gasteiger partial charge in [0, 0.05) is 19.2 Å². The summed E-state index contributed by atoms with van der Waals surface area (Å²) in [6, 6.07) is 2.39. The lowest BCUT2D eigenvalue weighted by molar-refractivity contribution is 0.0340. The number of anilines is 2. The third-order valence-electron chi connectivity index (χ3n) is 3.28. The molecule has 0 radical (unpaired) electrons. The molecule has 0 saturated carbocycles. The van der Waals surface area contributed by atoms with Gasteiger partial charge in [-0.1, -0.05) is 6.92 Å². The van der Waals surface area contributed by atoms with Crippen molar-refractivity contribution >= 4 is 11.6 Å². The predicted molar refractivity (Wildman–Crippen MR) is 77.8 cm³/mol. The highest BCUT2D eigenvalue weighted by atomic mass is 16.5. The Morgan fingerprint density at radius 2 is 2.21 bits per heavy atom. The average molecular weight is 264 g/mol. The summed E-state index contributed by atoms with van der Waals surface area (Å²) in [5, 5.41) is 3.33. The van der Waals surface area contributed by atoms with E-state index in [9.17, 15) is 0 Å². The number of morpholine rings is 1. The Bertz CT molecular complexity index is 424. The van der Waals surface area contributed by atoms with E-state index in [1.54, 1.807) is 0 Å². The number of aromatic nitrogens is 2. The summed E-state index contributed by atoms with van der Waals surface area (Å²) in [4.78, 5) is 11.3. The van der Waals surface area contributed by atoms with Crippen LogP contribution in [0.25, 0.3) is 0 Å². The third-order valence-corrected chi connectivity index (χ3v) is 3.28. The maximum atomic E-state index is 5.67. The average Bonchev–Trinajstić information content (AvgIpc) is 2.38. The second-order valence-electron chi connectivity index (χ2n) is 5.23. The summed E-state index contributed by atoms with van der Waals surface area (Å²) >= 11 is 0. The van der Waals surface area contributed by atoms with Gasteiger partial charge < -0.3 is 15.0 Å². The fourth-order valence-electron chi connectivity index (χ4n) is 2.27. The van der Waals surface area contributed by atoms with Crippen LogP contribution in [0.2, 0.25) is 0 Å². The summed E-state index contributed by atoms with van der Waals surface area (Å²) in [7, 11) is 0. The molecule has 2 unspecified atom stereocenters. The zero-order chi connectivity index (χ0) is 13.8. The molecule has 1 aromatic heterocycles. The molecule has 5 heteroatoms. The van der Waals surface area contributed by atoms with Gasteiger partial charge in [-0.25, -0.2) is 9.97 Å². The zero-order valence-corrected chi connectivity index (χ0v) is 12.3. The Morgan fingerprint density at radius 3 is 2.95 bits per heavy atom. The number of aryl methyl sites for hydroxylation is 1. The Kier molecular flexibility index (Phi) is 4.58. The molecule has 1 aliphatic heterocycles. The van der Waals surface area contributed by atoms with Crippen molar-refractivity contribution in [3.8, 4) is 0 Å². The number of hydrogen-bond donors (Lipinski definition) is 1. The molecule has 2 atom stereocenters. The number of nitrogens with one attached hydrogen (secondary N) is 1. The van der Waals surface area contributed by atoms with Gasteiger partial charge in [0.05, 0.1) is 18.8 Å². The minimum absolute atomic E-state index is 0.249. The van der Waals surface area contributed by atoms with Gasteiger partial charge in [0.15, 0.2) is 0 Å². The molecule has 0 aliphatic carbocycles. The van der Waals surface area contributed by atoms with Crippen molar-refractivity contribution in [1.82, 2.24) is 9.97 Å². The van der Waals surface area contributed by atoms with Gasteiger partial charge in [-0.3, -0.25) is 0 Å². The van der Waals surface area contributed by atoms with E-state index in [-0.39, 0.29) is 6.10 Å². The van der Waals surface area contributed by atoms with Crippen molar-refractivity contribution in [3.05, 3.63) is 11.9 Å². The van der Waals surface area contributed by atoms with Gasteiger partial charge in [-0.05, 0) is 27.2 Å². The summed E-state index contributed by atoms with van der Waals surface area (Å²) in [6.45, 7) is 10.9. The van der Waals surface area contributed by atoms with Crippen LogP contribution in [0.15, 0.2) is 6.07 Å². The molecule has 0 amide bonds. The molecule has 0 aromatic carbocycles. The molecule has 1 saturated heterocycles. The van der Waals surface area contributed by atoms with Crippen LogP contribution in [0.1, 0.15) is 33.0 Å². The second kappa shape index (κ2) is 6.19. The van der Waals surface area contributed by atoms with Crippen LogP contribution in [-0.4, -0.2) is 41.8 Å². The number of hydrogen-bond acceptors (Lipinski definition) is 5. The fourth-order valence-corrected chi connectivity index (χ4v) is 2.27. The van der Waals surface area contributed by atoms with E-state index in [2.05, 4.69) is 41.0 Å². The van der Waals surface area contributed by atoms with E-state index in [1.165, 1.54) is 0 Å². The highest BCUT2D eigenvalue weighted by Crippen LogP contribution is 2.22. The molecule has 19 heavy (non-hydrogen) atoms. The lowest BCUT2D eigenvalue weighted by atomic mass is 10.2. The molecule has 106 valence electrons. The summed E-state index contributed by atoms with van der Waals surface area (Å²) < 4.78 is 5.67. The molecular formula is C14H24N4O. The monoisotopic (exact) mass is 264 g/mol. The summed E-state index contributed by atoms with van der Waals surface area (Å²) in [5.41, 5.74) is 0. The van der Waals surface area contributed by atoms with Crippen molar-refractivity contribution in [2.45, 2.75) is 46.3 Å². The number of ether oxygens (including phenoxy) is 1. The van der Waals surface area contributed by atoms with Crippen LogP contribution >= 0.6 is 0 Å². The van der Waals surface area contributed by atoms with Crippen LogP contribution in [0.5, 0.6) is 0 Å². The molecule has 0 bridgehead atoms. The second-order valence-corrected chi connectivity index (χ2v) is 5.23. The van der Waals surface area contributed by atoms with Gasteiger partial charge in [0.1, 0.15) is 17.5 Å². The minimum Gasteiger partial charge on any atom is -0.375 e. The smallest absolute Gasteiger partial charge is 0.134 e. The highest BCUT2D eigenvalue weighted by molar-refractivity contribution is 5.50. The van der Waals surface area contributed by atoms with E-state index < -0.39 is 0 Å². The number of nitrogens with zero attached hydrogens (tertiary/aromatic N) is 3. The van der Waals surface area contributed by atoms with Crippen molar-refractivity contribution in [1.29, 1.82) is 0 Å². The zero-order valence-electron chi connectivity index (χ0n) is 12.3. The Morgan fingerprint density at radius 1 is 1.42 bits per heavy atom. The van der Waals surface area contributed by atoms with E-state index in [0.717, 1.165) is 43.6 Å². The molecule has 1 aromatic rings. The van der Waals surface area contributed by atoms with Crippen LogP contribution < -0.4 is 10.2 Å². The molecule has 2 rings (SSSR count). The first kappa shape index (κ1) is 14.1. The maximum absolute atomic E-state index is 5.67. The number of rotatable bonds is 4. The minimum atomic E-state index is 0.249. The van der Waals surface area contributed by atoms with Gasteiger partial charge in [0.2, 0.25) is 0 Å². The predicted octanol–water partition coefficient (Wildman–Crippen LogP) is 2.22. The normalized spacial score (nSPS) is 23.5. The maximum Gasteiger partial charge on any atom is 0.134 e. The first-order valence-electron chi connectivity index (χ1n) is 7.08. The summed E-state index contributed by atoms with van der Waals surface area (Å²) in [5.74, 6) is 2.71. The molecule has 1 N–H and O–H groups in total. The van der Waals surface area contributed by atoms with Crippen LogP contribution in [-0.2, 0) is 4.74 Å². The Balaban J connectivity index is 2.20. The quantitative estimate of drug-likeness (QED) is 0.903. The SMILES string of the molecule is CCCNc1cc(N2CC(C)OCC2C)nc(C)n1. The topological polar surface area (TPSA) is 50.3 Å². The van der Waals surface area contributed by atoms with Crippen molar-refractivity contribution < 1.29 is 4.74 Å². The molecule has 1 aliphatic rings. The Labute approximate surface area is 115 Å². The summed E-state index contributed by atoms with van der Waals surface area (Å²) in [6.07, 6.45) is 1.34. The lowest BCUT2D eigenvalue weighted by Gasteiger charge is -2.37. The van der Waals surface area contributed by atoms with Crippen LogP contribution in [0.3, 0.4) is 0 Å². The van der Waals surface area contributed by atoms with Crippen molar-refractivity contribution in [2.24, 2.45) is 0 Å². The molecule has 5 nitrogen and oxygen atoms in total. The van der Waals surface area contributed by atoms with E-state index >= 15 is 0 Å². The molecule has 0 spiro atoms. The van der Waals surface area contributed by atoms with Gasteiger partial charge in [-0.2, -0.15) is 0 Å². The van der Waals surface area contributed by atoms with Crippen molar-refractivity contribution in [2.75, 3.05) is 29.9 Å². The highest BCUT2D eigenvalue weighted by Gasteiger charge is 2.25. The molecular weight excluding hydrogens is 240 g/mol. The lowest BCUT2D eigenvalue weighted by Crippen LogP contribution is -2.47. The van der Waals surface area contributed by atoms with Gasteiger partial charge >= 0.3 is 0 Å². The van der Waals surface area contributed by atoms with E-state index in [4.69, 9.17) is 4.74 Å². The fraction of sp³-hybridized carbons (Fsp3) is 0.714.